The van der Waals surface area contributed by atoms with Gasteiger partial charge in [-0.15, -0.1) is 11.8 Å². The molecule has 1 heterocycles. The van der Waals surface area contributed by atoms with Crippen molar-refractivity contribution in [1.29, 1.82) is 0 Å². The highest BCUT2D eigenvalue weighted by Gasteiger charge is 2.40. The molecule has 0 bridgehead atoms. The van der Waals surface area contributed by atoms with E-state index in [0.717, 1.165) is 17.2 Å². The summed E-state index contributed by atoms with van der Waals surface area (Å²) in [6, 6.07) is 6.37. The molecule has 1 atom stereocenters. The number of thioether (sulfide) groups is 1. The molecule has 1 aromatic carbocycles. The van der Waals surface area contributed by atoms with Gasteiger partial charge in [-0.1, -0.05) is 0 Å². The second-order valence-corrected chi connectivity index (χ2v) is 5.96. The Kier molecular flexibility index (Phi) is 4.44. The predicted molar refractivity (Wildman–Crippen MR) is 72.7 cm³/mol. The number of nitrogens with zero attached hydrogens (tertiary/aromatic N) is 1. The van der Waals surface area contributed by atoms with Crippen molar-refractivity contribution in [1.82, 2.24) is 4.90 Å². The number of carboxylic acid groups (broad SMARTS) is 1. The van der Waals surface area contributed by atoms with E-state index in [-0.39, 0.29) is 5.82 Å². The zero-order valence-corrected chi connectivity index (χ0v) is 11.3. The van der Waals surface area contributed by atoms with Crippen molar-refractivity contribution < 1.29 is 14.3 Å². The fraction of sp³-hybridized carbons (Fsp3) is 0.462. The van der Waals surface area contributed by atoms with Crippen LogP contribution >= 0.6 is 11.8 Å². The van der Waals surface area contributed by atoms with Crippen molar-refractivity contribution in [3.05, 3.63) is 30.1 Å². The van der Waals surface area contributed by atoms with Gasteiger partial charge in [0.05, 0.1) is 0 Å². The Labute approximate surface area is 115 Å². The van der Waals surface area contributed by atoms with Gasteiger partial charge < -0.3 is 10.8 Å². The molecular weight excluding hydrogens is 267 g/mol. The monoisotopic (exact) mass is 284 g/mol. The number of benzene rings is 1. The van der Waals surface area contributed by atoms with Gasteiger partial charge in [-0.25, -0.2) is 4.39 Å². The zero-order valence-electron chi connectivity index (χ0n) is 10.5. The lowest BCUT2D eigenvalue weighted by molar-refractivity contribution is -0.142. The summed E-state index contributed by atoms with van der Waals surface area (Å²) in [6.07, 6.45) is 0.490. The molecular formula is C13H17FN2O2S. The van der Waals surface area contributed by atoms with Crippen LogP contribution in [0.15, 0.2) is 29.2 Å². The molecule has 0 aliphatic carbocycles. The minimum atomic E-state index is -1.10. The average molecular weight is 284 g/mol. The lowest BCUT2D eigenvalue weighted by Crippen LogP contribution is -2.50. The first-order chi connectivity index (χ1) is 8.99. The second kappa shape index (κ2) is 5.90. The van der Waals surface area contributed by atoms with E-state index in [9.17, 15) is 9.18 Å². The molecule has 2 rings (SSSR count). The predicted octanol–water partition coefficient (Wildman–Crippen LogP) is 1.41. The molecule has 1 aliphatic rings. The van der Waals surface area contributed by atoms with Crippen molar-refractivity contribution in [2.45, 2.75) is 16.9 Å². The maximum atomic E-state index is 12.7. The first-order valence-electron chi connectivity index (χ1n) is 6.13. The van der Waals surface area contributed by atoms with Crippen molar-refractivity contribution in [2.24, 2.45) is 5.73 Å². The number of carbonyl (C=O) groups is 1. The molecule has 1 fully saturated rings. The molecule has 1 unspecified atom stereocenters. The zero-order chi connectivity index (χ0) is 13.9. The Morgan fingerprint density at radius 1 is 1.47 bits per heavy atom. The van der Waals surface area contributed by atoms with Gasteiger partial charge >= 0.3 is 5.97 Å². The van der Waals surface area contributed by atoms with E-state index in [4.69, 9.17) is 10.8 Å². The fourth-order valence-electron chi connectivity index (χ4n) is 2.10. The van der Waals surface area contributed by atoms with Crippen LogP contribution in [0.4, 0.5) is 4.39 Å². The topological polar surface area (TPSA) is 66.6 Å². The van der Waals surface area contributed by atoms with E-state index < -0.39 is 11.5 Å². The number of nitrogens with two attached hydrogens (primary N) is 1. The minimum absolute atomic E-state index is 0.238. The Morgan fingerprint density at radius 2 is 2.16 bits per heavy atom. The molecule has 0 spiro atoms. The third-order valence-corrected chi connectivity index (χ3v) is 4.29. The van der Waals surface area contributed by atoms with Gasteiger partial charge in [-0.3, -0.25) is 9.69 Å². The summed E-state index contributed by atoms with van der Waals surface area (Å²) in [7, 11) is 0. The number of halogens is 1. The van der Waals surface area contributed by atoms with Crippen LogP contribution in [0.1, 0.15) is 6.42 Å². The summed E-state index contributed by atoms with van der Waals surface area (Å²) in [5.74, 6) is -0.333. The van der Waals surface area contributed by atoms with Crippen molar-refractivity contribution >= 4 is 17.7 Å². The number of hydrogen-bond donors (Lipinski definition) is 2. The summed E-state index contributed by atoms with van der Waals surface area (Å²) >= 11 is 1.63. The standard InChI is InChI=1S/C13H17FN2O2S/c14-10-1-3-11(4-2-10)19-8-7-16-6-5-13(15,9-16)12(17)18/h1-4H,5-9,15H2,(H,17,18). The van der Waals surface area contributed by atoms with Crippen LogP contribution < -0.4 is 5.73 Å². The van der Waals surface area contributed by atoms with Gasteiger partial charge in [0, 0.05) is 30.3 Å². The highest BCUT2D eigenvalue weighted by molar-refractivity contribution is 7.99. The Balaban J connectivity index is 1.75. The highest BCUT2D eigenvalue weighted by atomic mass is 32.2. The summed E-state index contributed by atoms with van der Waals surface area (Å²) in [5.41, 5.74) is 4.71. The Morgan fingerprint density at radius 3 is 2.74 bits per heavy atom. The van der Waals surface area contributed by atoms with Crippen molar-refractivity contribution in [3.63, 3.8) is 0 Å². The fourth-order valence-corrected chi connectivity index (χ4v) is 3.02. The van der Waals surface area contributed by atoms with E-state index in [1.165, 1.54) is 12.1 Å². The lowest BCUT2D eigenvalue weighted by Gasteiger charge is -2.19. The van der Waals surface area contributed by atoms with Crippen molar-refractivity contribution in [2.75, 3.05) is 25.4 Å². The summed E-state index contributed by atoms with van der Waals surface area (Å²) in [4.78, 5) is 14.1. The number of likely N-dealkylation sites (tertiary alicyclic amines) is 1. The van der Waals surface area contributed by atoms with E-state index >= 15 is 0 Å². The summed E-state index contributed by atoms with van der Waals surface area (Å²) in [5, 5.41) is 9.03. The summed E-state index contributed by atoms with van der Waals surface area (Å²) in [6.45, 7) is 1.90. The molecule has 0 aromatic heterocycles. The van der Waals surface area contributed by atoms with Gasteiger partial charge in [0.25, 0.3) is 0 Å². The van der Waals surface area contributed by atoms with E-state index in [1.807, 2.05) is 0 Å². The maximum absolute atomic E-state index is 12.7. The van der Waals surface area contributed by atoms with Crippen LogP contribution in [-0.4, -0.2) is 46.9 Å². The minimum Gasteiger partial charge on any atom is -0.480 e. The SMILES string of the molecule is NC1(C(=O)O)CCN(CCSc2ccc(F)cc2)C1. The van der Waals surface area contributed by atoms with E-state index in [0.29, 0.717) is 19.5 Å². The Hall–Kier alpha value is -1.11. The van der Waals surface area contributed by atoms with Gasteiger partial charge in [0.2, 0.25) is 0 Å². The van der Waals surface area contributed by atoms with E-state index in [1.54, 1.807) is 23.9 Å². The van der Waals surface area contributed by atoms with Crippen LogP contribution in [0.2, 0.25) is 0 Å². The Bertz CT molecular complexity index is 454. The molecule has 0 amide bonds. The molecule has 3 N–H and O–H groups in total. The van der Waals surface area contributed by atoms with Crippen LogP contribution in [0.5, 0.6) is 0 Å². The smallest absolute Gasteiger partial charge is 0.325 e. The quantitative estimate of drug-likeness (QED) is 0.800. The normalized spacial score (nSPS) is 23.7. The van der Waals surface area contributed by atoms with Crippen LogP contribution in [0.3, 0.4) is 0 Å². The number of rotatable bonds is 5. The first kappa shape index (κ1) is 14.3. The maximum Gasteiger partial charge on any atom is 0.325 e. The molecule has 0 saturated carbocycles. The lowest BCUT2D eigenvalue weighted by atomic mass is 10.0. The molecule has 104 valence electrons. The molecule has 0 radical (unpaired) electrons. The van der Waals surface area contributed by atoms with E-state index in [2.05, 4.69) is 4.90 Å². The number of aliphatic carboxylic acids is 1. The molecule has 4 nitrogen and oxygen atoms in total. The molecule has 19 heavy (non-hydrogen) atoms. The van der Waals surface area contributed by atoms with Crippen LogP contribution in [0.25, 0.3) is 0 Å². The number of carboxylic acids is 1. The number of hydrogen-bond acceptors (Lipinski definition) is 4. The molecule has 6 heteroatoms. The highest BCUT2D eigenvalue weighted by Crippen LogP contribution is 2.22. The van der Waals surface area contributed by atoms with Crippen molar-refractivity contribution in [3.8, 4) is 0 Å². The van der Waals surface area contributed by atoms with Gasteiger partial charge in [0.15, 0.2) is 0 Å². The molecule has 1 aliphatic heterocycles. The van der Waals surface area contributed by atoms with Crippen LogP contribution in [0, 0.1) is 5.82 Å². The average Bonchev–Trinajstić information content (AvgIpc) is 2.75. The third-order valence-electron chi connectivity index (χ3n) is 3.30. The first-order valence-corrected chi connectivity index (χ1v) is 7.11. The van der Waals surface area contributed by atoms with Gasteiger partial charge in [-0.05, 0) is 30.7 Å². The molecule has 1 aromatic rings. The largest absolute Gasteiger partial charge is 0.480 e. The second-order valence-electron chi connectivity index (χ2n) is 4.79. The van der Waals surface area contributed by atoms with Crippen LogP contribution in [-0.2, 0) is 4.79 Å². The van der Waals surface area contributed by atoms with Gasteiger partial charge in [-0.2, -0.15) is 0 Å². The van der Waals surface area contributed by atoms with Gasteiger partial charge in [0.1, 0.15) is 11.4 Å². The summed E-state index contributed by atoms with van der Waals surface area (Å²) < 4.78 is 12.7. The third kappa shape index (κ3) is 3.68. The molecule has 1 saturated heterocycles.